The van der Waals surface area contributed by atoms with Crippen LogP contribution in [0.2, 0.25) is 0 Å². The summed E-state index contributed by atoms with van der Waals surface area (Å²) in [4.78, 5) is 22.3. The second-order valence-electron chi connectivity index (χ2n) is 8.99. The molecular formula is C23H29N7O2. The molecule has 32 heavy (non-hydrogen) atoms. The summed E-state index contributed by atoms with van der Waals surface area (Å²) in [5.74, 6) is 0.438. The molecule has 0 aliphatic carbocycles. The number of aromatic nitrogens is 5. The van der Waals surface area contributed by atoms with Crippen LogP contribution in [0.4, 0.5) is 5.82 Å². The maximum atomic E-state index is 12.9. The lowest BCUT2D eigenvalue weighted by Gasteiger charge is -2.21. The second kappa shape index (κ2) is 8.23. The molecule has 0 saturated carbocycles. The number of fused-ring (bicyclic) bond motifs is 2. The Bertz CT molecular complexity index is 1290. The first-order chi connectivity index (χ1) is 15.3. The van der Waals surface area contributed by atoms with E-state index >= 15 is 0 Å². The van der Waals surface area contributed by atoms with Gasteiger partial charge in [0.05, 0.1) is 11.9 Å². The number of hydrogen-bond donors (Lipinski definition) is 3. The monoisotopic (exact) mass is 435 g/mol. The molecule has 4 aromatic heterocycles. The van der Waals surface area contributed by atoms with Gasteiger partial charge in [0.25, 0.3) is 5.91 Å². The summed E-state index contributed by atoms with van der Waals surface area (Å²) in [5.41, 5.74) is 2.98. The number of anilines is 1. The summed E-state index contributed by atoms with van der Waals surface area (Å²) < 4.78 is 3.74. The van der Waals surface area contributed by atoms with Gasteiger partial charge in [-0.2, -0.15) is 9.61 Å². The molecular weight excluding hydrogens is 406 g/mol. The zero-order valence-corrected chi connectivity index (χ0v) is 19.0. The normalized spacial score (nSPS) is 12.1. The second-order valence-corrected chi connectivity index (χ2v) is 8.99. The first-order valence-electron chi connectivity index (χ1n) is 10.7. The number of carbonyl (C=O) groups excluding carboxylic acids is 1. The number of pyridine rings is 1. The van der Waals surface area contributed by atoms with Crippen LogP contribution in [0, 0.1) is 5.41 Å². The van der Waals surface area contributed by atoms with Gasteiger partial charge in [-0.25, -0.2) is 9.97 Å². The smallest absolute Gasteiger partial charge is 0.256 e. The first-order valence-corrected chi connectivity index (χ1v) is 10.7. The molecule has 0 unspecified atom stereocenters. The Hall–Kier alpha value is -3.46. The van der Waals surface area contributed by atoms with Crippen molar-refractivity contribution in [1.29, 1.82) is 0 Å². The number of amides is 1. The van der Waals surface area contributed by atoms with Gasteiger partial charge in [-0.1, -0.05) is 13.8 Å². The van der Waals surface area contributed by atoms with Crippen LogP contribution in [-0.4, -0.2) is 55.4 Å². The van der Waals surface area contributed by atoms with E-state index in [-0.39, 0.29) is 18.6 Å². The SMILES string of the molecule is CNc1cc(-c2cn(C(C)C)c3ncccc23)nc2c(C(=O)NCC(C)(C)CO)cnn12. The minimum absolute atomic E-state index is 0.0255. The van der Waals surface area contributed by atoms with Crippen molar-refractivity contribution in [2.75, 3.05) is 25.5 Å². The Balaban J connectivity index is 1.84. The molecule has 1 amide bonds. The molecule has 0 atom stereocenters. The van der Waals surface area contributed by atoms with Crippen molar-refractivity contribution < 1.29 is 9.90 Å². The van der Waals surface area contributed by atoms with Gasteiger partial charge >= 0.3 is 0 Å². The van der Waals surface area contributed by atoms with Crippen LogP contribution in [0.1, 0.15) is 44.1 Å². The lowest BCUT2D eigenvalue weighted by atomic mass is 9.95. The van der Waals surface area contributed by atoms with E-state index in [1.54, 1.807) is 10.7 Å². The maximum Gasteiger partial charge on any atom is 0.256 e. The summed E-state index contributed by atoms with van der Waals surface area (Å²) in [6.45, 7) is 8.31. The van der Waals surface area contributed by atoms with E-state index in [4.69, 9.17) is 4.98 Å². The predicted molar refractivity (Wildman–Crippen MR) is 125 cm³/mol. The summed E-state index contributed by atoms with van der Waals surface area (Å²) >= 11 is 0. The topological polar surface area (TPSA) is 109 Å². The Morgan fingerprint density at radius 2 is 2.06 bits per heavy atom. The highest BCUT2D eigenvalue weighted by molar-refractivity contribution is 6.01. The van der Waals surface area contributed by atoms with Crippen LogP contribution < -0.4 is 10.6 Å². The highest BCUT2D eigenvalue weighted by Gasteiger charge is 2.22. The van der Waals surface area contributed by atoms with Crippen LogP contribution in [0.5, 0.6) is 0 Å². The van der Waals surface area contributed by atoms with E-state index in [9.17, 15) is 9.90 Å². The molecule has 4 rings (SSSR count). The van der Waals surface area contributed by atoms with Crippen LogP contribution in [-0.2, 0) is 0 Å². The molecule has 4 aromatic rings. The van der Waals surface area contributed by atoms with Crippen molar-refractivity contribution in [2.45, 2.75) is 33.7 Å². The van der Waals surface area contributed by atoms with Gasteiger partial charge in [-0.05, 0) is 26.0 Å². The predicted octanol–water partition coefficient (Wildman–Crippen LogP) is 3.12. The highest BCUT2D eigenvalue weighted by atomic mass is 16.3. The minimum Gasteiger partial charge on any atom is -0.396 e. The number of nitrogens with one attached hydrogen (secondary N) is 2. The van der Waals surface area contributed by atoms with Gasteiger partial charge < -0.3 is 20.3 Å². The van der Waals surface area contributed by atoms with Crippen molar-refractivity contribution >= 4 is 28.4 Å². The van der Waals surface area contributed by atoms with Crippen molar-refractivity contribution in [3.8, 4) is 11.3 Å². The molecule has 0 bridgehead atoms. The largest absolute Gasteiger partial charge is 0.396 e. The van der Waals surface area contributed by atoms with Crippen molar-refractivity contribution in [2.24, 2.45) is 5.41 Å². The van der Waals surface area contributed by atoms with Crippen molar-refractivity contribution in [3.05, 3.63) is 42.4 Å². The zero-order valence-electron chi connectivity index (χ0n) is 19.0. The molecule has 4 heterocycles. The van der Waals surface area contributed by atoms with E-state index in [1.165, 1.54) is 6.20 Å². The van der Waals surface area contributed by atoms with E-state index in [0.29, 0.717) is 23.6 Å². The number of aliphatic hydroxyl groups excluding tert-OH is 1. The van der Waals surface area contributed by atoms with Crippen LogP contribution in [0.25, 0.3) is 27.9 Å². The number of aliphatic hydroxyl groups is 1. The van der Waals surface area contributed by atoms with E-state index in [1.807, 2.05) is 39.1 Å². The van der Waals surface area contributed by atoms with Gasteiger partial charge in [-0.15, -0.1) is 0 Å². The number of hydrogen-bond acceptors (Lipinski definition) is 6. The average Bonchev–Trinajstić information content (AvgIpc) is 3.39. The van der Waals surface area contributed by atoms with E-state index in [2.05, 4.69) is 45.3 Å². The van der Waals surface area contributed by atoms with Gasteiger partial charge in [0.15, 0.2) is 5.65 Å². The Labute approximate surface area is 186 Å². The minimum atomic E-state index is -0.418. The fourth-order valence-electron chi connectivity index (χ4n) is 3.59. The summed E-state index contributed by atoms with van der Waals surface area (Å²) in [6, 6.07) is 6.10. The molecule has 0 aliphatic heterocycles. The van der Waals surface area contributed by atoms with Crippen molar-refractivity contribution in [1.82, 2.24) is 29.5 Å². The number of carbonyl (C=O) groups is 1. The molecule has 9 heteroatoms. The molecule has 0 saturated heterocycles. The molecule has 3 N–H and O–H groups in total. The van der Waals surface area contributed by atoms with Gasteiger partial charge in [0.2, 0.25) is 0 Å². The van der Waals surface area contributed by atoms with Gasteiger partial charge in [-0.3, -0.25) is 4.79 Å². The summed E-state index contributed by atoms with van der Waals surface area (Å²) in [6.07, 6.45) is 5.36. The highest BCUT2D eigenvalue weighted by Crippen LogP contribution is 2.32. The fourth-order valence-corrected chi connectivity index (χ4v) is 3.59. The van der Waals surface area contributed by atoms with Crippen LogP contribution in [0.3, 0.4) is 0 Å². The van der Waals surface area contributed by atoms with E-state index in [0.717, 1.165) is 22.3 Å². The molecule has 0 aromatic carbocycles. The molecule has 0 aliphatic rings. The molecule has 0 radical (unpaired) electrons. The Morgan fingerprint density at radius 3 is 2.75 bits per heavy atom. The lowest BCUT2D eigenvalue weighted by molar-refractivity contribution is 0.0912. The summed E-state index contributed by atoms with van der Waals surface area (Å²) in [7, 11) is 1.81. The molecule has 0 spiro atoms. The standard InChI is InChI=1S/C23H29N7O2/c1-14(2)29-11-17(15-7-6-8-25-20(15)29)18-9-19(24-5)30-21(28-18)16(10-27-30)22(32)26-12-23(3,4)13-31/h6-11,14,24,31H,12-13H2,1-5H3,(H,26,32). The number of rotatable bonds is 7. The quantitative estimate of drug-likeness (QED) is 0.412. The van der Waals surface area contributed by atoms with Gasteiger partial charge in [0, 0.05) is 61.1 Å². The lowest BCUT2D eigenvalue weighted by Crippen LogP contribution is -2.36. The fraction of sp³-hybridized carbons (Fsp3) is 0.391. The zero-order chi connectivity index (χ0) is 23.0. The number of nitrogens with zero attached hydrogens (tertiary/aromatic N) is 5. The van der Waals surface area contributed by atoms with E-state index < -0.39 is 5.41 Å². The van der Waals surface area contributed by atoms with Crippen molar-refractivity contribution in [3.63, 3.8) is 0 Å². The molecule has 168 valence electrons. The molecule has 0 fully saturated rings. The third kappa shape index (κ3) is 3.80. The van der Waals surface area contributed by atoms with Crippen LogP contribution >= 0.6 is 0 Å². The Kier molecular flexibility index (Phi) is 5.60. The molecule has 9 nitrogen and oxygen atoms in total. The third-order valence-corrected chi connectivity index (χ3v) is 5.55. The Morgan fingerprint density at radius 1 is 1.28 bits per heavy atom. The maximum absolute atomic E-state index is 12.9. The van der Waals surface area contributed by atoms with Crippen LogP contribution in [0.15, 0.2) is 36.8 Å². The average molecular weight is 436 g/mol. The summed E-state index contributed by atoms with van der Waals surface area (Å²) in [5, 5.41) is 20.9. The third-order valence-electron chi connectivity index (χ3n) is 5.55. The first kappa shape index (κ1) is 21.8. The van der Waals surface area contributed by atoms with Gasteiger partial charge in [0.1, 0.15) is 17.0 Å².